The summed E-state index contributed by atoms with van der Waals surface area (Å²) in [4.78, 5) is 26.4. The summed E-state index contributed by atoms with van der Waals surface area (Å²) in [6.07, 6.45) is 0. The van der Waals surface area contributed by atoms with E-state index in [2.05, 4.69) is 0 Å². The zero-order valence-corrected chi connectivity index (χ0v) is 13.3. The maximum atomic E-state index is 12.6. The number of halogens is 1. The van der Waals surface area contributed by atoms with Crippen LogP contribution in [0.4, 0.5) is 5.69 Å². The number of rotatable bonds is 2. The monoisotopic (exact) mass is 333 g/mol. The highest BCUT2D eigenvalue weighted by Gasteiger charge is 2.36. The highest BCUT2D eigenvalue weighted by molar-refractivity contribution is 6.34. The van der Waals surface area contributed by atoms with Gasteiger partial charge in [-0.15, -0.1) is 0 Å². The quantitative estimate of drug-likeness (QED) is 0.631. The normalized spacial score (nSPS) is 13.3. The molecule has 1 aliphatic rings. The van der Waals surface area contributed by atoms with E-state index in [1.54, 1.807) is 36.4 Å². The highest BCUT2D eigenvalue weighted by Crippen LogP contribution is 2.31. The second-order valence-electron chi connectivity index (χ2n) is 5.55. The van der Waals surface area contributed by atoms with Gasteiger partial charge in [-0.05, 0) is 47.5 Å². The Balaban J connectivity index is 1.78. The number of benzene rings is 3. The van der Waals surface area contributed by atoms with E-state index in [-0.39, 0.29) is 11.8 Å². The van der Waals surface area contributed by atoms with Crippen LogP contribution in [0.3, 0.4) is 0 Å². The van der Waals surface area contributed by atoms with Crippen LogP contribution in [0.25, 0.3) is 11.1 Å². The Morgan fingerprint density at radius 3 is 1.88 bits per heavy atom. The average Bonchev–Trinajstić information content (AvgIpc) is 2.86. The van der Waals surface area contributed by atoms with Crippen LogP contribution in [0.1, 0.15) is 20.7 Å². The Bertz CT molecular complexity index is 946. The van der Waals surface area contributed by atoms with Gasteiger partial charge in [-0.1, -0.05) is 48.0 Å². The molecule has 0 radical (unpaired) electrons. The molecule has 0 aromatic heterocycles. The van der Waals surface area contributed by atoms with Gasteiger partial charge in [0, 0.05) is 5.02 Å². The van der Waals surface area contributed by atoms with Crippen molar-refractivity contribution in [2.24, 2.45) is 0 Å². The van der Waals surface area contributed by atoms with Crippen molar-refractivity contribution in [3.05, 3.63) is 88.9 Å². The van der Waals surface area contributed by atoms with Gasteiger partial charge in [0.2, 0.25) is 0 Å². The molecule has 24 heavy (non-hydrogen) atoms. The Morgan fingerprint density at radius 1 is 0.667 bits per heavy atom. The summed E-state index contributed by atoms with van der Waals surface area (Å²) in [6, 6.07) is 21.7. The molecular formula is C20H12ClNO2. The standard InChI is InChI=1S/C20H12ClNO2/c21-15-7-3-5-13(11-15)14-6-4-8-16(12-14)22-19(23)17-9-1-2-10-18(17)20(22)24/h1-12H. The molecular weight excluding hydrogens is 322 g/mol. The van der Waals surface area contributed by atoms with Gasteiger partial charge in [0.05, 0.1) is 16.8 Å². The summed E-state index contributed by atoms with van der Waals surface area (Å²) in [6.45, 7) is 0. The van der Waals surface area contributed by atoms with Crippen LogP contribution in [-0.2, 0) is 0 Å². The fraction of sp³-hybridized carbons (Fsp3) is 0. The van der Waals surface area contributed by atoms with Gasteiger partial charge in [0.1, 0.15) is 0 Å². The van der Waals surface area contributed by atoms with E-state index in [1.165, 1.54) is 4.90 Å². The lowest BCUT2D eigenvalue weighted by molar-refractivity contribution is 0.0926. The number of imide groups is 1. The molecule has 0 aliphatic carbocycles. The Labute approximate surface area is 144 Å². The lowest BCUT2D eigenvalue weighted by Gasteiger charge is -2.15. The molecule has 3 aromatic rings. The molecule has 1 aliphatic heterocycles. The lowest BCUT2D eigenvalue weighted by Crippen LogP contribution is -2.29. The van der Waals surface area contributed by atoms with Crippen LogP contribution in [0, 0.1) is 0 Å². The number of nitrogens with zero attached hydrogens (tertiary/aromatic N) is 1. The topological polar surface area (TPSA) is 37.4 Å². The summed E-state index contributed by atoms with van der Waals surface area (Å²) < 4.78 is 0. The number of carbonyl (C=O) groups is 2. The van der Waals surface area contributed by atoms with Crippen molar-refractivity contribution in [3.8, 4) is 11.1 Å². The zero-order chi connectivity index (χ0) is 16.7. The summed E-state index contributed by atoms with van der Waals surface area (Å²) >= 11 is 6.05. The molecule has 0 unspecified atom stereocenters. The largest absolute Gasteiger partial charge is 0.268 e. The number of fused-ring (bicyclic) bond motifs is 1. The molecule has 0 bridgehead atoms. The van der Waals surface area contributed by atoms with Crippen molar-refractivity contribution in [2.45, 2.75) is 0 Å². The first-order valence-electron chi connectivity index (χ1n) is 7.49. The molecule has 0 N–H and O–H groups in total. The molecule has 0 fully saturated rings. The zero-order valence-electron chi connectivity index (χ0n) is 12.6. The van der Waals surface area contributed by atoms with Crippen LogP contribution < -0.4 is 4.90 Å². The summed E-state index contributed by atoms with van der Waals surface area (Å²) in [5.41, 5.74) is 3.26. The van der Waals surface area contributed by atoms with Crippen molar-refractivity contribution in [1.82, 2.24) is 0 Å². The number of carbonyl (C=O) groups excluding carboxylic acids is 2. The molecule has 2 amide bonds. The predicted octanol–water partition coefficient (Wildman–Crippen LogP) is 4.81. The van der Waals surface area contributed by atoms with Gasteiger partial charge in [-0.2, -0.15) is 0 Å². The van der Waals surface area contributed by atoms with Crippen LogP contribution in [0.2, 0.25) is 5.02 Å². The van der Waals surface area contributed by atoms with Crippen molar-refractivity contribution in [1.29, 1.82) is 0 Å². The molecule has 0 spiro atoms. The van der Waals surface area contributed by atoms with Crippen LogP contribution >= 0.6 is 11.6 Å². The number of amides is 2. The fourth-order valence-corrected chi connectivity index (χ4v) is 3.11. The summed E-state index contributed by atoms with van der Waals surface area (Å²) in [5.74, 6) is -0.585. The first-order chi connectivity index (χ1) is 11.6. The molecule has 0 saturated heterocycles. The van der Waals surface area contributed by atoms with Crippen molar-refractivity contribution in [3.63, 3.8) is 0 Å². The smallest absolute Gasteiger partial charge is 0.266 e. The first kappa shape index (κ1) is 14.7. The third-order valence-electron chi connectivity index (χ3n) is 4.06. The third-order valence-corrected chi connectivity index (χ3v) is 4.29. The lowest BCUT2D eigenvalue weighted by atomic mass is 10.0. The maximum Gasteiger partial charge on any atom is 0.266 e. The Hall–Kier alpha value is -2.91. The second kappa shape index (κ2) is 5.62. The van der Waals surface area contributed by atoms with Gasteiger partial charge in [0.15, 0.2) is 0 Å². The van der Waals surface area contributed by atoms with E-state index >= 15 is 0 Å². The van der Waals surface area contributed by atoms with Gasteiger partial charge >= 0.3 is 0 Å². The summed E-state index contributed by atoms with van der Waals surface area (Å²) in [5, 5.41) is 0.638. The van der Waals surface area contributed by atoms with Crippen molar-refractivity contribution in [2.75, 3.05) is 4.90 Å². The molecule has 0 saturated carbocycles. The van der Waals surface area contributed by atoms with Gasteiger partial charge < -0.3 is 0 Å². The minimum Gasteiger partial charge on any atom is -0.268 e. The maximum absolute atomic E-state index is 12.6. The van der Waals surface area contributed by atoms with E-state index in [0.717, 1.165) is 11.1 Å². The first-order valence-corrected chi connectivity index (χ1v) is 7.87. The molecule has 3 nitrogen and oxygen atoms in total. The Kier molecular flexibility index (Phi) is 3.44. The number of hydrogen-bond acceptors (Lipinski definition) is 2. The molecule has 116 valence electrons. The molecule has 3 aromatic carbocycles. The van der Waals surface area contributed by atoms with E-state index in [1.807, 2.05) is 36.4 Å². The van der Waals surface area contributed by atoms with Gasteiger partial charge in [-0.3, -0.25) is 9.59 Å². The molecule has 4 heteroatoms. The average molecular weight is 334 g/mol. The SMILES string of the molecule is O=C1c2ccccc2C(=O)N1c1cccc(-c2cccc(Cl)c2)c1. The predicted molar refractivity (Wildman–Crippen MR) is 94.5 cm³/mol. The van der Waals surface area contributed by atoms with Gasteiger partial charge in [-0.25, -0.2) is 4.90 Å². The second-order valence-corrected chi connectivity index (χ2v) is 5.99. The van der Waals surface area contributed by atoms with E-state index < -0.39 is 0 Å². The van der Waals surface area contributed by atoms with Crippen molar-refractivity contribution < 1.29 is 9.59 Å². The van der Waals surface area contributed by atoms with E-state index in [9.17, 15) is 9.59 Å². The highest BCUT2D eigenvalue weighted by atomic mass is 35.5. The molecule has 0 atom stereocenters. The van der Waals surface area contributed by atoms with E-state index in [0.29, 0.717) is 21.8 Å². The fourth-order valence-electron chi connectivity index (χ4n) is 2.92. The molecule has 1 heterocycles. The van der Waals surface area contributed by atoms with Crippen LogP contribution in [0.15, 0.2) is 72.8 Å². The molecule has 4 rings (SSSR count). The minimum atomic E-state index is -0.293. The summed E-state index contributed by atoms with van der Waals surface area (Å²) in [7, 11) is 0. The van der Waals surface area contributed by atoms with Crippen LogP contribution in [-0.4, -0.2) is 11.8 Å². The van der Waals surface area contributed by atoms with Gasteiger partial charge in [0.25, 0.3) is 11.8 Å². The van der Waals surface area contributed by atoms with E-state index in [4.69, 9.17) is 11.6 Å². The number of hydrogen-bond donors (Lipinski definition) is 0. The van der Waals surface area contributed by atoms with Crippen LogP contribution in [0.5, 0.6) is 0 Å². The van der Waals surface area contributed by atoms with Crippen molar-refractivity contribution >= 4 is 29.1 Å². The number of anilines is 1. The minimum absolute atomic E-state index is 0.293. The third kappa shape index (κ3) is 2.30. The Morgan fingerprint density at radius 2 is 1.25 bits per heavy atom.